The lowest BCUT2D eigenvalue weighted by atomic mass is 10.0. The first-order chi connectivity index (χ1) is 12.2. The number of carbonyl (C=O) groups is 2. The maximum atomic E-state index is 12.4. The smallest absolute Gasteiger partial charge is 0.407 e. The summed E-state index contributed by atoms with van der Waals surface area (Å²) in [6.45, 7) is 1.49. The number of pyridine rings is 1. The Bertz CT molecular complexity index is 698. The molecule has 0 atom stereocenters. The number of likely N-dealkylation sites (tertiary alicyclic amines) is 1. The first-order valence-corrected chi connectivity index (χ1v) is 8.39. The molecule has 1 aromatic heterocycles. The molecule has 1 saturated heterocycles. The maximum absolute atomic E-state index is 12.4. The summed E-state index contributed by atoms with van der Waals surface area (Å²) in [5, 5.41) is 2.88. The summed E-state index contributed by atoms with van der Waals surface area (Å²) < 4.78 is 5.24. The zero-order valence-electron chi connectivity index (χ0n) is 13.9. The molecule has 1 aromatic carbocycles. The fourth-order valence-corrected chi connectivity index (χ4v) is 2.84. The number of alkyl carbamates (subject to hydrolysis) is 1. The van der Waals surface area contributed by atoms with E-state index < -0.39 is 6.09 Å². The number of hydrogen-bond acceptors (Lipinski definition) is 4. The Kier molecular flexibility index (Phi) is 5.61. The van der Waals surface area contributed by atoms with Crippen molar-refractivity contribution in [2.24, 2.45) is 0 Å². The van der Waals surface area contributed by atoms with Gasteiger partial charge in [-0.3, -0.25) is 9.78 Å². The second kappa shape index (κ2) is 8.28. The average Bonchev–Trinajstić information content (AvgIpc) is 2.68. The molecule has 0 spiro atoms. The molecule has 2 heterocycles. The molecule has 2 aromatic rings. The molecule has 1 aliphatic rings. The van der Waals surface area contributed by atoms with Gasteiger partial charge in [0.2, 0.25) is 0 Å². The summed E-state index contributed by atoms with van der Waals surface area (Å²) in [5.74, 6) is 0.00695. The summed E-state index contributed by atoms with van der Waals surface area (Å²) in [6.07, 6.45) is 4.26. The van der Waals surface area contributed by atoms with Gasteiger partial charge in [-0.15, -0.1) is 0 Å². The van der Waals surface area contributed by atoms with Gasteiger partial charge in [0.15, 0.2) is 0 Å². The van der Waals surface area contributed by atoms with E-state index in [1.54, 1.807) is 24.5 Å². The van der Waals surface area contributed by atoms with E-state index >= 15 is 0 Å². The molecule has 0 saturated carbocycles. The molecule has 1 aliphatic heterocycles. The van der Waals surface area contributed by atoms with E-state index in [4.69, 9.17) is 4.74 Å². The number of amides is 2. The number of aromatic nitrogens is 1. The quantitative estimate of drug-likeness (QED) is 0.929. The van der Waals surface area contributed by atoms with Crippen LogP contribution in [0.1, 0.15) is 28.8 Å². The van der Waals surface area contributed by atoms with Gasteiger partial charge in [0.25, 0.3) is 5.91 Å². The van der Waals surface area contributed by atoms with Crippen LogP contribution in [-0.4, -0.2) is 41.0 Å². The standard InChI is InChI=1S/C19H21N3O3/c23-18(16-6-10-20-11-7-16)22-12-8-17(9-13-22)21-19(24)25-14-15-4-2-1-3-5-15/h1-7,10-11,17H,8-9,12-14H2,(H,21,24). The van der Waals surface area contributed by atoms with Gasteiger partial charge in [0.1, 0.15) is 6.61 Å². The number of nitrogens with zero attached hydrogens (tertiary/aromatic N) is 2. The van der Waals surface area contributed by atoms with Gasteiger partial charge < -0.3 is 15.0 Å². The summed E-state index contributed by atoms with van der Waals surface area (Å²) in [6, 6.07) is 13.0. The summed E-state index contributed by atoms with van der Waals surface area (Å²) in [5.41, 5.74) is 1.60. The first-order valence-electron chi connectivity index (χ1n) is 8.39. The molecule has 0 aliphatic carbocycles. The Morgan fingerprint density at radius 1 is 1.08 bits per heavy atom. The normalized spacial score (nSPS) is 14.8. The van der Waals surface area contributed by atoms with Crippen LogP contribution < -0.4 is 5.32 Å². The van der Waals surface area contributed by atoms with Crippen LogP contribution in [0.25, 0.3) is 0 Å². The minimum atomic E-state index is -0.414. The molecule has 130 valence electrons. The third-order valence-electron chi connectivity index (χ3n) is 4.24. The van der Waals surface area contributed by atoms with Crippen molar-refractivity contribution in [3.05, 3.63) is 66.0 Å². The third-order valence-corrected chi connectivity index (χ3v) is 4.24. The molecule has 1 fully saturated rings. The molecule has 25 heavy (non-hydrogen) atoms. The van der Waals surface area contributed by atoms with E-state index in [0.717, 1.165) is 18.4 Å². The lowest BCUT2D eigenvalue weighted by molar-refractivity contribution is 0.0700. The predicted octanol–water partition coefficient (Wildman–Crippen LogP) is 2.61. The maximum Gasteiger partial charge on any atom is 0.407 e. The highest BCUT2D eigenvalue weighted by Crippen LogP contribution is 2.14. The summed E-state index contributed by atoms with van der Waals surface area (Å²) >= 11 is 0. The average molecular weight is 339 g/mol. The SMILES string of the molecule is O=C(NC1CCN(C(=O)c2ccncc2)CC1)OCc1ccccc1. The highest BCUT2D eigenvalue weighted by molar-refractivity contribution is 5.94. The van der Waals surface area contributed by atoms with Crippen LogP contribution in [0, 0.1) is 0 Å². The second-order valence-electron chi connectivity index (χ2n) is 6.01. The molecule has 6 nitrogen and oxygen atoms in total. The Morgan fingerprint density at radius 2 is 1.76 bits per heavy atom. The number of hydrogen-bond donors (Lipinski definition) is 1. The molecule has 1 N–H and O–H groups in total. The zero-order valence-corrected chi connectivity index (χ0v) is 13.9. The molecule has 0 unspecified atom stereocenters. The van der Waals surface area contributed by atoms with Gasteiger partial charge in [0.05, 0.1) is 0 Å². The van der Waals surface area contributed by atoms with Gasteiger partial charge in [-0.1, -0.05) is 30.3 Å². The molecular weight excluding hydrogens is 318 g/mol. The van der Waals surface area contributed by atoms with Crippen LogP contribution in [0.4, 0.5) is 4.79 Å². The topological polar surface area (TPSA) is 71.5 Å². The Hall–Kier alpha value is -2.89. The number of rotatable bonds is 4. The van der Waals surface area contributed by atoms with E-state index in [1.807, 2.05) is 35.2 Å². The fourth-order valence-electron chi connectivity index (χ4n) is 2.84. The van der Waals surface area contributed by atoms with Crippen molar-refractivity contribution in [3.63, 3.8) is 0 Å². The lowest BCUT2D eigenvalue weighted by Gasteiger charge is -2.32. The van der Waals surface area contributed by atoms with E-state index in [9.17, 15) is 9.59 Å². The third kappa shape index (κ3) is 4.79. The number of piperidine rings is 1. The van der Waals surface area contributed by atoms with Crippen LogP contribution in [0.2, 0.25) is 0 Å². The summed E-state index contributed by atoms with van der Waals surface area (Å²) in [7, 11) is 0. The lowest BCUT2D eigenvalue weighted by Crippen LogP contribution is -2.46. The number of carbonyl (C=O) groups excluding carboxylic acids is 2. The van der Waals surface area contributed by atoms with Gasteiger partial charge >= 0.3 is 6.09 Å². The highest BCUT2D eigenvalue weighted by Gasteiger charge is 2.24. The van der Waals surface area contributed by atoms with Crippen molar-refractivity contribution in [3.8, 4) is 0 Å². The number of ether oxygens (including phenoxy) is 1. The number of benzene rings is 1. The largest absolute Gasteiger partial charge is 0.445 e. The van der Waals surface area contributed by atoms with Crippen LogP contribution in [-0.2, 0) is 11.3 Å². The molecule has 2 amide bonds. The first kappa shape index (κ1) is 17.0. The van der Waals surface area contributed by atoms with Crippen molar-refractivity contribution in [1.82, 2.24) is 15.2 Å². The monoisotopic (exact) mass is 339 g/mol. The van der Waals surface area contributed by atoms with Crippen molar-refractivity contribution in [1.29, 1.82) is 0 Å². The van der Waals surface area contributed by atoms with Crippen molar-refractivity contribution in [2.45, 2.75) is 25.5 Å². The predicted molar refractivity (Wildman–Crippen MR) is 92.9 cm³/mol. The zero-order chi connectivity index (χ0) is 17.5. The van der Waals surface area contributed by atoms with Crippen molar-refractivity contribution in [2.75, 3.05) is 13.1 Å². The van der Waals surface area contributed by atoms with Gasteiger partial charge in [-0.2, -0.15) is 0 Å². The Morgan fingerprint density at radius 3 is 2.44 bits per heavy atom. The Balaban J connectivity index is 1.41. The Labute approximate surface area is 146 Å². The van der Waals surface area contributed by atoms with E-state index in [-0.39, 0.29) is 18.6 Å². The molecule has 0 bridgehead atoms. The minimum absolute atomic E-state index is 0.00695. The van der Waals surface area contributed by atoms with E-state index in [1.165, 1.54) is 0 Å². The van der Waals surface area contributed by atoms with Gasteiger partial charge in [-0.25, -0.2) is 4.79 Å². The van der Waals surface area contributed by atoms with E-state index in [2.05, 4.69) is 10.3 Å². The van der Waals surface area contributed by atoms with Crippen LogP contribution in [0.5, 0.6) is 0 Å². The second-order valence-corrected chi connectivity index (χ2v) is 6.01. The fraction of sp³-hybridized carbons (Fsp3) is 0.316. The number of nitrogens with one attached hydrogen (secondary N) is 1. The molecule has 6 heteroatoms. The summed E-state index contributed by atoms with van der Waals surface area (Å²) in [4.78, 5) is 30.0. The van der Waals surface area contributed by atoms with Gasteiger partial charge in [-0.05, 0) is 30.5 Å². The van der Waals surface area contributed by atoms with Crippen LogP contribution in [0.3, 0.4) is 0 Å². The van der Waals surface area contributed by atoms with Crippen LogP contribution in [0.15, 0.2) is 54.9 Å². The minimum Gasteiger partial charge on any atom is -0.445 e. The highest BCUT2D eigenvalue weighted by atomic mass is 16.5. The van der Waals surface area contributed by atoms with Crippen molar-refractivity contribution < 1.29 is 14.3 Å². The molecular formula is C19H21N3O3. The van der Waals surface area contributed by atoms with E-state index in [0.29, 0.717) is 18.7 Å². The molecule has 0 radical (unpaired) electrons. The van der Waals surface area contributed by atoms with Gasteiger partial charge in [0, 0.05) is 37.1 Å². The molecule has 3 rings (SSSR count). The van der Waals surface area contributed by atoms with Crippen LogP contribution >= 0.6 is 0 Å². The van der Waals surface area contributed by atoms with Crippen molar-refractivity contribution >= 4 is 12.0 Å².